The van der Waals surface area contributed by atoms with E-state index in [-0.39, 0.29) is 0 Å². The highest BCUT2D eigenvalue weighted by Gasteiger charge is 2.14. The average Bonchev–Trinajstić information content (AvgIpc) is 3.33. The zero-order chi connectivity index (χ0) is 19.1. The topological polar surface area (TPSA) is 70.1 Å². The normalized spacial score (nSPS) is 11.4. The van der Waals surface area contributed by atoms with E-state index in [4.69, 9.17) is 4.74 Å². The van der Waals surface area contributed by atoms with Gasteiger partial charge in [-0.05, 0) is 36.8 Å². The summed E-state index contributed by atoms with van der Waals surface area (Å²) in [6.07, 6.45) is 4.22. The van der Waals surface area contributed by atoms with Crippen molar-refractivity contribution < 1.29 is 4.74 Å². The van der Waals surface area contributed by atoms with E-state index in [1.165, 1.54) is 5.56 Å². The minimum Gasteiger partial charge on any atom is -0.497 e. The molecule has 5 aromatic rings. The molecule has 0 unspecified atom stereocenters. The summed E-state index contributed by atoms with van der Waals surface area (Å²) in [6.45, 7) is 2.06. The maximum Gasteiger partial charge on any atom is 0.174 e. The van der Waals surface area contributed by atoms with Gasteiger partial charge in [-0.25, -0.2) is 9.67 Å². The van der Waals surface area contributed by atoms with Crippen LogP contribution in [0.2, 0.25) is 0 Å². The van der Waals surface area contributed by atoms with Crippen molar-refractivity contribution in [3.8, 4) is 11.4 Å². The van der Waals surface area contributed by atoms with Gasteiger partial charge >= 0.3 is 0 Å². The van der Waals surface area contributed by atoms with Gasteiger partial charge in [0.1, 0.15) is 17.9 Å². The van der Waals surface area contributed by atoms with E-state index in [2.05, 4.69) is 39.3 Å². The molecule has 0 aliphatic carbocycles. The Morgan fingerprint density at radius 3 is 2.46 bits per heavy atom. The monoisotopic (exact) mass is 370 g/mol. The summed E-state index contributed by atoms with van der Waals surface area (Å²) >= 11 is 0. The minimum atomic E-state index is 0.657. The third-order valence-electron chi connectivity index (χ3n) is 4.85. The zero-order valence-electron chi connectivity index (χ0n) is 15.6. The molecule has 0 saturated carbocycles. The van der Waals surface area contributed by atoms with Gasteiger partial charge in [0.25, 0.3) is 0 Å². The Kier molecular flexibility index (Phi) is 3.79. The van der Waals surface area contributed by atoms with Crippen molar-refractivity contribution in [3.63, 3.8) is 0 Å². The maximum atomic E-state index is 5.22. The van der Waals surface area contributed by atoms with Crippen molar-refractivity contribution in [1.82, 2.24) is 29.4 Å². The Morgan fingerprint density at radius 1 is 0.929 bits per heavy atom. The van der Waals surface area contributed by atoms with E-state index in [1.807, 2.05) is 45.5 Å². The van der Waals surface area contributed by atoms with Crippen LogP contribution in [0, 0.1) is 6.92 Å². The van der Waals surface area contributed by atoms with Crippen LogP contribution in [0.4, 0.5) is 0 Å². The number of fused-ring (bicyclic) bond motifs is 3. The lowest BCUT2D eigenvalue weighted by Crippen LogP contribution is -2.00. The van der Waals surface area contributed by atoms with E-state index in [0.29, 0.717) is 6.42 Å². The van der Waals surface area contributed by atoms with Crippen LogP contribution in [0.25, 0.3) is 22.4 Å². The molecule has 0 N–H and O–H groups in total. The van der Waals surface area contributed by atoms with Crippen molar-refractivity contribution >= 4 is 16.7 Å². The van der Waals surface area contributed by atoms with Crippen molar-refractivity contribution in [2.45, 2.75) is 13.3 Å². The van der Waals surface area contributed by atoms with E-state index in [1.54, 1.807) is 19.6 Å². The van der Waals surface area contributed by atoms with Crippen molar-refractivity contribution in [2.24, 2.45) is 0 Å². The van der Waals surface area contributed by atoms with Crippen LogP contribution >= 0.6 is 0 Å². The van der Waals surface area contributed by atoms with Crippen LogP contribution in [0.1, 0.15) is 17.0 Å². The molecule has 0 aliphatic rings. The molecule has 0 aliphatic heterocycles. The first-order chi connectivity index (χ1) is 13.7. The predicted molar refractivity (Wildman–Crippen MR) is 106 cm³/mol. The number of ether oxygens (including phenoxy) is 1. The lowest BCUT2D eigenvalue weighted by Gasteiger charge is -2.04. The summed E-state index contributed by atoms with van der Waals surface area (Å²) in [5.74, 6) is 1.67. The van der Waals surface area contributed by atoms with Crippen LogP contribution in [0.15, 0.2) is 61.1 Å². The molecule has 28 heavy (non-hydrogen) atoms. The van der Waals surface area contributed by atoms with Crippen molar-refractivity contribution in [3.05, 3.63) is 78.0 Å². The fraction of sp³-hybridized carbons (Fsp3) is 0.143. The molecule has 5 rings (SSSR count). The molecule has 0 bridgehead atoms. The number of aromatic nitrogens is 6. The smallest absolute Gasteiger partial charge is 0.174 e. The third-order valence-corrected chi connectivity index (χ3v) is 4.85. The molecule has 2 aromatic carbocycles. The van der Waals surface area contributed by atoms with E-state index in [9.17, 15) is 0 Å². The molecular formula is C21H18N6O. The van der Waals surface area contributed by atoms with Gasteiger partial charge in [-0.2, -0.15) is 5.10 Å². The molecular weight excluding hydrogens is 352 g/mol. The average molecular weight is 370 g/mol. The number of hydrogen-bond acceptors (Lipinski definition) is 5. The summed E-state index contributed by atoms with van der Waals surface area (Å²) < 4.78 is 8.97. The Balaban J connectivity index is 1.55. The molecule has 0 spiro atoms. The Bertz CT molecular complexity index is 1270. The summed E-state index contributed by atoms with van der Waals surface area (Å²) in [5, 5.41) is 14.2. The highest BCUT2D eigenvalue weighted by Crippen LogP contribution is 2.21. The highest BCUT2D eigenvalue weighted by atomic mass is 16.5. The fourth-order valence-corrected chi connectivity index (χ4v) is 3.29. The third kappa shape index (κ3) is 2.68. The predicted octanol–water partition coefficient (Wildman–Crippen LogP) is 3.37. The SMILES string of the molecule is COc1ccc(Cc2nnc3c4cnn(-c5ccc(C)cc5)c4ncn23)cc1. The fourth-order valence-electron chi connectivity index (χ4n) is 3.29. The second kappa shape index (κ2) is 6.45. The molecule has 3 heterocycles. The van der Waals surface area contributed by atoms with Crippen LogP contribution in [0.3, 0.4) is 0 Å². The Labute approximate surface area is 161 Å². The van der Waals surface area contributed by atoms with E-state index < -0.39 is 0 Å². The summed E-state index contributed by atoms with van der Waals surface area (Å²) in [4.78, 5) is 4.63. The number of rotatable bonds is 4. The minimum absolute atomic E-state index is 0.657. The molecule has 7 nitrogen and oxygen atoms in total. The van der Waals surface area contributed by atoms with Crippen LogP contribution in [-0.2, 0) is 6.42 Å². The van der Waals surface area contributed by atoms with Gasteiger partial charge in [0.05, 0.1) is 24.4 Å². The maximum absolute atomic E-state index is 5.22. The molecule has 0 saturated heterocycles. The molecule has 0 amide bonds. The molecule has 0 atom stereocenters. The summed E-state index contributed by atoms with van der Waals surface area (Å²) in [5.41, 5.74) is 4.82. The second-order valence-electron chi connectivity index (χ2n) is 6.71. The van der Waals surface area contributed by atoms with Gasteiger partial charge < -0.3 is 4.74 Å². The largest absolute Gasteiger partial charge is 0.497 e. The molecule has 3 aromatic heterocycles. The summed E-state index contributed by atoms with van der Waals surface area (Å²) in [7, 11) is 1.66. The lowest BCUT2D eigenvalue weighted by atomic mass is 10.1. The Morgan fingerprint density at radius 2 is 1.71 bits per heavy atom. The van der Waals surface area contributed by atoms with Crippen LogP contribution in [-0.4, -0.2) is 36.5 Å². The highest BCUT2D eigenvalue weighted by molar-refractivity contribution is 5.89. The van der Waals surface area contributed by atoms with Crippen molar-refractivity contribution in [1.29, 1.82) is 0 Å². The van der Waals surface area contributed by atoms with E-state index >= 15 is 0 Å². The number of hydrogen-bond donors (Lipinski definition) is 0. The molecule has 0 fully saturated rings. The first-order valence-corrected chi connectivity index (χ1v) is 8.99. The quantitative estimate of drug-likeness (QED) is 0.485. The first-order valence-electron chi connectivity index (χ1n) is 8.99. The van der Waals surface area contributed by atoms with Gasteiger partial charge in [-0.3, -0.25) is 4.40 Å². The number of aryl methyl sites for hydroxylation is 1. The molecule has 0 radical (unpaired) electrons. The van der Waals surface area contributed by atoms with Gasteiger partial charge in [0, 0.05) is 6.42 Å². The van der Waals surface area contributed by atoms with E-state index in [0.717, 1.165) is 39.5 Å². The zero-order valence-corrected chi connectivity index (χ0v) is 15.6. The number of methoxy groups -OCH3 is 1. The number of benzene rings is 2. The van der Waals surface area contributed by atoms with Gasteiger partial charge in [0.15, 0.2) is 11.3 Å². The standard InChI is InChI=1S/C21H18N6O/c1-14-3-7-16(8-4-14)27-20-18(12-23-27)21-25-24-19(26(21)13-22-20)11-15-5-9-17(28-2)10-6-15/h3-10,12-13H,11H2,1-2H3. The molecule has 7 heteroatoms. The van der Waals surface area contributed by atoms with Crippen molar-refractivity contribution in [2.75, 3.05) is 7.11 Å². The van der Waals surface area contributed by atoms with Gasteiger partial charge in [0.2, 0.25) is 0 Å². The Hall–Kier alpha value is -3.74. The second-order valence-corrected chi connectivity index (χ2v) is 6.71. The van der Waals surface area contributed by atoms with Gasteiger partial charge in [-0.15, -0.1) is 10.2 Å². The number of nitrogens with zero attached hydrogens (tertiary/aromatic N) is 6. The first kappa shape index (κ1) is 16.4. The van der Waals surface area contributed by atoms with Crippen LogP contribution in [0.5, 0.6) is 5.75 Å². The van der Waals surface area contributed by atoms with Crippen LogP contribution < -0.4 is 4.74 Å². The summed E-state index contributed by atoms with van der Waals surface area (Å²) in [6, 6.07) is 16.1. The van der Waals surface area contributed by atoms with Gasteiger partial charge in [-0.1, -0.05) is 29.8 Å². The lowest BCUT2D eigenvalue weighted by molar-refractivity contribution is 0.414. The molecule has 138 valence electrons.